The maximum atomic E-state index is 12.1. The van der Waals surface area contributed by atoms with E-state index in [-0.39, 0.29) is 11.6 Å². The third-order valence-electron chi connectivity index (χ3n) is 3.39. The van der Waals surface area contributed by atoms with Crippen molar-refractivity contribution in [3.05, 3.63) is 58.6 Å². The number of pyridine rings is 1. The molecule has 0 radical (unpaired) electrons. The summed E-state index contributed by atoms with van der Waals surface area (Å²) in [6, 6.07) is 10.4. The number of nitrogens with zero attached hydrogens (tertiary/aromatic N) is 2. The van der Waals surface area contributed by atoms with Crippen molar-refractivity contribution in [2.24, 2.45) is 0 Å². The lowest BCUT2D eigenvalue weighted by Crippen LogP contribution is -2.28. The van der Waals surface area contributed by atoms with E-state index in [9.17, 15) is 9.59 Å². The molecule has 3 aromatic rings. The van der Waals surface area contributed by atoms with E-state index in [1.807, 2.05) is 0 Å². The molecule has 124 valence electrons. The molecule has 3 rings (SSSR count). The van der Waals surface area contributed by atoms with Gasteiger partial charge in [0.15, 0.2) is 5.65 Å². The highest BCUT2D eigenvalue weighted by molar-refractivity contribution is 5.94. The van der Waals surface area contributed by atoms with Gasteiger partial charge in [0, 0.05) is 6.20 Å². The third-order valence-corrected chi connectivity index (χ3v) is 3.39. The van der Waals surface area contributed by atoms with E-state index in [0.717, 1.165) is 5.75 Å². The Kier molecular flexibility index (Phi) is 4.46. The second-order valence-corrected chi connectivity index (χ2v) is 4.95. The number of methoxy groups -OCH3 is 1. The van der Waals surface area contributed by atoms with E-state index >= 15 is 0 Å². The fourth-order valence-corrected chi connectivity index (χ4v) is 2.15. The van der Waals surface area contributed by atoms with Crippen molar-refractivity contribution in [2.45, 2.75) is 0 Å². The monoisotopic (exact) mass is 328 g/mol. The van der Waals surface area contributed by atoms with Gasteiger partial charge in [-0.3, -0.25) is 4.79 Å². The number of ether oxygens (including phenoxy) is 2. The maximum Gasteiger partial charge on any atom is 0.347 e. The highest BCUT2D eigenvalue weighted by atomic mass is 16.5. The van der Waals surface area contributed by atoms with Crippen LogP contribution in [0.25, 0.3) is 5.65 Å². The molecule has 0 aliphatic heterocycles. The Labute approximate surface area is 137 Å². The molecule has 8 nitrogen and oxygen atoms in total. The van der Waals surface area contributed by atoms with Crippen LogP contribution in [0, 0.1) is 0 Å². The second-order valence-electron chi connectivity index (χ2n) is 4.95. The highest BCUT2D eigenvalue weighted by Gasteiger charge is 2.08. The molecule has 8 heteroatoms. The zero-order valence-electron chi connectivity index (χ0n) is 13.0. The van der Waals surface area contributed by atoms with Crippen LogP contribution in [-0.4, -0.2) is 40.8 Å². The number of H-pyrrole nitrogens is 1. The van der Waals surface area contributed by atoms with Crippen LogP contribution in [0.4, 0.5) is 0 Å². The van der Waals surface area contributed by atoms with Gasteiger partial charge < -0.3 is 14.8 Å². The first-order valence-corrected chi connectivity index (χ1v) is 7.29. The van der Waals surface area contributed by atoms with Crippen molar-refractivity contribution in [3.8, 4) is 11.5 Å². The van der Waals surface area contributed by atoms with Crippen LogP contribution in [-0.2, 0) is 0 Å². The summed E-state index contributed by atoms with van der Waals surface area (Å²) in [5.41, 5.74) is 0.442. The van der Waals surface area contributed by atoms with Gasteiger partial charge in [-0.2, -0.15) is 5.10 Å². The van der Waals surface area contributed by atoms with E-state index < -0.39 is 0 Å². The van der Waals surface area contributed by atoms with Crippen molar-refractivity contribution in [2.75, 3.05) is 20.3 Å². The van der Waals surface area contributed by atoms with E-state index in [1.165, 1.54) is 10.6 Å². The van der Waals surface area contributed by atoms with E-state index in [2.05, 4.69) is 15.5 Å². The van der Waals surface area contributed by atoms with Crippen LogP contribution in [0.1, 0.15) is 10.4 Å². The summed E-state index contributed by atoms with van der Waals surface area (Å²) in [4.78, 5) is 23.6. The van der Waals surface area contributed by atoms with Crippen LogP contribution in [0.5, 0.6) is 11.5 Å². The number of fused-ring (bicyclic) bond motifs is 1. The molecule has 2 aromatic heterocycles. The molecule has 1 aromatic carbocycles. The summed E-state index contributed by atoms with van der Waals surface area (Å²) in [6.45, 7) is 0.662. The number of rotatable bonds is 6. The fraction of sp³-hybridized carbons (Fsp3) is 0.188. The molecular formula is C16H16N4O4. The molecule has 24 heavy (non-hydrogen) atoms. The number of aromatic nitrogens is 3. The molecule has 0 aliphatic carbocycles. The molecular weight excluding hydrogens is 312 g/mol. The van der Waals surface area contributed by atoms with Gasteiger partial charge in [0.2, 0.25) is 0 Å². The third kappa shape index (κ3) is 3.37. The predicted octanol–water partition coefficient (Wildman–Crippen LogP) is 0.840. The summed E-state index contributed by atoms with van der Waals surface area (Å²) in [7, 11) is 1.60. The number of hydrogen-bond donors (Lipinski definition) is 2. The zero-order valence-corrected chi connectivity index (χ0v) is 13.0. The van der Waals surface area contributed by atoms with Gasteiger partial charge in [0.1, 0.15) is 18.1 Å². The van der Waals surface area contributed by atoms with Crippen molar-refractivity contribution in [1.29, 1.82) is 0 Å². The molecule has 2 heterocycles. The molecule has 0 unspecified atom stereocenters. The summed E-state index contributed by atoms with van der Waals surface area (Å²) < 4.78 is 11.9. The number of nitrogens with one attached hydrogen (secondary N) is 2. The molecule has 0 bridgehead atoms. The molecule has 0 saturated carbocycles. The average Bonchev–Trinajstić information content (AvgIpc) is 2.99. The van der Waals surface area contributed by atoms with Crippen LogP contribution in [0.2, 0.25) is 0 Å². The minimum Gasteiger partial charge on any atom is -0.497 e. The Morgan fingerprint density at radius 3 is 2.71 bits per heavy atom. The van der Waals surface area contributed by atoms with Gasteiger partial charge in [0.05, 0.1) is 19.2 Å². The van der Waals surface area contributed by atoms with Gasteiger partial charge in [-0.15, -0.1) is 0 Å². The number of carbonyl (C=O) groups excluding carboxylic acids is 1. The highest BCUT2D eigenvalue weighted by Crippen LogP contribution is 2.16. The Morgan fingerprint density at radius 1 is 1.21 bits per heavy atom. The Balaban J connectivity index is 1.52. The van der Waals surface area contributed by atoms with Crippen molar-refractivity contribution >= 4 is 11.6 Å². The zero-order chi connectivity index (χ0) is 16.9. The molecule has 1 amide bonds. The van der Waals surface area contributed by atoms with E-state index in [4.69, 9.17) is 9.47 Å². The molecule has 0 saturated heterocycles. The molecule has 0 atom stereocenters. The van der Waals surface area contributed by atoms with Crippen molar-refractivity contribution in [3.63, 3.8) is 0 Å². The molecule has 2 N–H and O–H groups in total. The number of benzene rings is 1. The second kappa shape index (κ2) is 6.86. The first-order chi connectivity index (χ1) is 11.7. The standard InChI is InChI=1S/C16H16N4O4/c1-23-12-3-5-13(6-4-12)24-9-8-17-15(21)11-2-7-14-18-19-16(22)20(14)10-11/h2-7,10H,8-9H2,1H3,(H,17,21)(H,19,22). The maximum absolute atomic E-state index is 12.1. The van der Waals surface area contributed by atoms with Gasteiger partial charge in [-0.05, 0) is 36.4 Å². The van der Waals surface area contributed by atoms with E-state index in [0.29, 0.717) is 30.1 Å². The van der Waals surface area contributed by atoms with Crippen LogP contribution >= 0.6 is 0 Å². The van der Waals surface area contributed by atoms with Crippen LogP contribution in [0.3, 0.4) is 0 Å². The number of aromatic amines is 1. The van der Waals surface area contributed by atoms with Gasteiger partial charge in [-0.25, -0.2) is 14.3 Å². The smallest absolute Gasteiger partial charge is 0.347 e. The largest absolute Gasteiger partial charge is 0.497 e. The number of carbonyl (C=O) groups is 1. The van der Waals surface area contributed by atoms with Crippen LogP contribution < -0.4 is 20.5 Å². The summed E-state index contributed by atoms with van der Waals surface area (Å²) in [5.74, 6) is 1.15. The first-order valence-electron chi connectivity index (χ1n) is 7.29. The number of hydrogen-bond acceptors (Lipinski definition) is 5. The first kappa shape index (κ1) is 15.6. The Morgan fingerprint density at radius 2 is 1.96 bits per heavy atom. The average molecular weight is 328 g/mol. The number of amides is 1. The topological polar surface area (TPSA) is 97.7 Å². The fourth-order valence-electron chi connectivity index (χ4n) is 2.15. The van der Waals surface area contributed by atoms with Crippen LogP contribution in [0.15, 0.2) is 47.4 Å². The summed E-state index contributed by atoms with van der Waals surface area (Å²) in [5, 5.41) is 8.86. The lowest BCUT2D eigenvalue weighted by Gasteiger charge is -2.08. The summed E-state index contributed by atoms with van der Waals surface area (Å²) >= 11 is 0. The van der Waals surface area contributed by atoms with Gasteiger partial charge >= 0.3 is 5.69 Å². The normalized spacial score (nSPS) is 10.5. The van der Waals surface area contributed by atoms with Gasteiger partial charge in [-0.1, -0.05) is 0 Å². The quantitative estimate of drug-likeness (QED) is 0.654. The molecule has 0 fully saturated rings. The lowest BCUT2D eigenvalue weighted by atomic mass is 10.2. The Hall–Kier alpha value is -3.29. The summed E-state index contributed by atoms with van der Waals surface area (Å²) in [6.07, 6.45) is 1.45. The molecule has 0 aliphatic rings. The van der Waals surface area contributed by atoms with Gasteiger partial charge in [0.25, 0.3) is 5.91 Å². The van der Waals surface area contributed by atoms with Crippen molar-refractivity contribution < 1.29 is 14.3 Å². The SMILES string of the molecule is COc1ccc(OCCNC(=O)c2ccc3n[nH]c(=O)n3c2)cc1. The van der Waals surface area contributed by atoms with E-state index in [1.54, 1.807) is 43.5 Å². The minimum absolute atomic E-state index is 0.289. The molecule has 0 spiro atoms. The Bertz CT molecular complexity index is 898. The predicted molar refractivity (Wildman–Crippen MR) is 86.6 cm³/mol. The van der Waals surface area contributed by atoms with Crippen molar-refractivity contribution in [1.82, 2.24) is 19.9 Å². The minimum atomic E-state index is -0.387. The lowest BCUT2D eigenvalue weighted by molar-refractivity contribution is 0.0946.